The summed E-state index contributed by atoms with van der Waals surface area (Å²) in [5.41, 5.74) is 2.75. The second kappa shape index (κ2) is 7.12. The van der Waals surface area contributed by atoms with Crippen LogP contribution >= 0.6 is 0 Å². The Morgan fingerprint density at radius 1 is 1.24 bits per heavy atom. The quantitative estimate of drug-likeness (QED) is 0.691. The molecule has 0 radical (unpaired) electrons. The minimum absolute atomic E-state index is 0.151. The van der Waals surface area contributed by atoms with Gasteiger partial charge >= 0.3 is 5.97 Å². The van der Waals surface area contributed by atoms with Gasteiger partial charge < -0.3 is 15.0 Å². The van der Waals surface area contributed by atoms with Crippen molar-refractivity contribution < 1.29 is 14.3 Å². The van der Waals surface area contributed by atoms with Crippen LogP contribution in [-0.2, 0) is 16.0 Å². The van der Waals surface area contributed by atoms with Crippen LogP contribution in [0.15, 0.2) is 42.9 Å². The molecule has 3 rings (SSSR count). The highest BCUT2D eigenvalue weighted by Gasteiger charge is 2.24. The Morgan fingerprint density at radius 2 is 2.04 bits per heavy atom. The lowest BCUT2D eigenvalue weighted by atomic mass is 10.0. The molecule has 0 aliphatic rings. The number of nitrogens with one attached hydrogen (secondary N) is 2. The van der Waals surface area contributed by atoms with Crippen LogP contribution in [-0.4, -0.2) is 40.0 Å². The molecule has 0 spiro atoms. The van der Waals surface area contributed by atoms with Gasteiger partial charge in [0.1, 0.15) is 11.7 Å². The number of aromatic amines is 1. The number of para-hydroxylation sites is 1. The maximum absolute atomic E-state index is 12.3. The van der Waals surface area contributed by atoms with Gasteiger partial charge in [0, 0.05) is 29.7 Å². The van der Waals surface area contributed by atoms with E-state index in [1.54, 1.807) is 6.92 Å². The van der Waals surface area contributed by atoms with Gasteiger partial charge in [-0.25, -0.2) is 9.78 Å². The summed E-state index contributed by atoms with van der Waals surface area (Å²) in [5, 5.41) is 3.68. The third kappa shape index (κ3) is 3.65. The van der Waals surface area contributed by atoms with Gasteiger partial charge in [-0.3, -0.25) is 9.78 Å². The standard InChI is InChI=1S/C18H18N4O3/c1-11-8-20-16(10-19-11)17(23)22-15(18(24)25-2)7-12-9-21-14-6-4-3-5-13(12)14/h3-6,8-10,15,21H,7H2,1-2H3,(H,22,23). The smallest absolute Gasteiger partial charge is 0.328 e. The zero-order chi connectivity index (χ0) is 17.8. The Hall–Kier alpha value is -3.22. The maximum atomic E-state index is 12.3. The summed E-state index contributed by atoms with van der Waals surface area (Å²) in [6, 6.07) is 6.95. The minimum Gasteiger partial charge on any atom is -0.467 e. The number of H-pyrrole nitrogens is 1. The second-order valence-corrected chi connectivity index (χ2v) is 5.66. The molecule has 1 amide bonds. The molecular weight excluding hydrogens is 320 g/mol. The Balaban J connectivity index is 1.81. The minimum atomic E-state index is -0.820. The average Bonchev–Trinajstić information content (AvgIpc) is 3.04. The predicted molar refractivity (Wildman–Crippen MR) is 92.0 cm³/mol. The molecule has 2 aromatic heterocycles. The third-order valence-corrected chi connectivity index (χ3v) is 3.90. The van der Waals surface area contributed by atoms with Gasteiger partial charge in [-0.2, -0.15) is 0 Å². The number of aryl methyl sites for hydroxylation is 1. The third-order valence-electron chi connectivity index (χ3n) is 3.90. The molecule has 1 aromatic carbocycles. The van der Waals surface area contributed by atoms with E-state index in [1.165, 1.54) is 19.5 Å². The summed E-state index contributed by atoms with van der Waals surface area (Å²) >= 11 is 0. The van der Waals surface area contributed by atoms with Gasteiger partial charge in [-0.1, -0.05) is 18.2 Å². The number of esters is 1. The van der Waals surface area contributed by atoms with Crippen molar-refractivity contribution in [2.24, 2.45) is 0 Å². The molecule has 0 aliphatic carbocycles. The van der Waals surface area contributed by atoms with Gasteiger partial charge in [-0.05, 0) is 18.6 Å². The predicted octanol–water partition coefficient (Wildman–Crippen LogP) is 1.78. The van der Waals surface area contributed by atoms with Crippen LogP contribution in [0.2, 0.25) is 0 Å². The first kappa shape index (κ1) is 16.6. The van der Waals surface area contributed by atoms with Crippen LogP contribution in [0.25, 0.3) is 10.9 Å². The lowest BCUT2D eigenvalue weighted by Crippen LogP contribution is -2.43. The van der Waals surface area contributed by atoms with Crippen molar-refractivity contribution in [2.75, 3.05) is 7.11 Å². The number of fused-ring (bicyclic) bond motifs is 1. The summed E-state index contributed by atoms with van der Waals surface area (Å²) in [4.78, 5) is 35.7. The number of carbonyl (C=O) groups excluding carboxylic acids is 2. The molecule has 0 fully saturated rings. The van der Waals surface area contributed by atoms with E-state index in [2.05, 4.69) is 20.3 Å². The molecule has 7 nitrogen and oxygen atoms in total. The molecule has 0 saturated carbocycles. The molecule has 25 heavy (non-hydrogen) atoms. The summed E-state index contributed by atoms with van der Waals surface area (Å²) < 4.78 is 4.83. The Morgan fingerprint density at radius 3 is 2.76 bits per heavy atom. The van der Waals surface area contributed by atoms with E-state index in [0.29, 0.717) is 12.1 Å². The first-order chi connectivity index (χ1) is 12.1. The summed E-state index contributed by atoms with van der Waals surface area (Å²) in [5.74, 6) is -0.985. The number of hydrogen-bond donors (Lipinski definition) is 2. The molecule has 7 heteroatoms. The van der Waals surface area contributed by atoms with E-state index >= 15 is 0 Å². The topological polar surface area (TPSA) is 97.0 Å². The van der Waals surface area contributed by atoms with Crippen molar-refractivity contribution in [3.63, 3.8) is 0 Å². The van der Waals surface area contributed by atoms with E-state index in [9.17, 15) is 9.59 Å². The highest BCUT2D eigenvalue weighted by Crippen LogP contribution is 2.19. The van der Waals surface area contributed by atoms with Crippen molar-refractivity contribution >= 4 is 22.8 Å². The summed E-state index contributed by atoms with van der Waals surface area (Å²) in [6.45, 7) is 1.78. The van der Waals surface area contributed by atoms with Crippen LogP contribution in [0, 0.1) is 6.92 Å². The van der Waals surface area contributed by atoms with Gasteiger partial charge in [-0.15, -0.1) is 0 Å². The zero-order valence-electron chi connectivity index (χ0n) is 13.9. The van der Waals surface area contributed by atoms with Crippen molar-refractivity contribution in [1.29, 1.82) is 0 Å². The number of hydrogen-bond acceptors (Lipinski definition) is 5. The van der Waals surface area contributed by atoms with Crippen LogP contribution < -0.4 is 5.32 Å². The largest absolute Gasteiger partial charge is 0.467 e. The first-order valence-electron chi connectivity index (χ1n) is 7.81. The Labute approximate surface area is 144 Å². The number of aromatic nitrogens is 3. The van der Waals surface area contributed by atoms with Crippen molar-refractivity contribution in [3.8, 4) is 0 Å². The van der Waals surface area contributed by atoms with Gasteiger partial charge in [0.15, 0.2) is 0 Å². The maximum Gasteiger partial charge on any atom is 0.328 e. The normalized spacial score (nSPS) is 11.9. The first-order valence-corrected chi connectivity index (χ1v) is 7.81. The number of rotatable bonds is 5. The SMILES string of the molecule is COC(=O)C(Cc1c[nH]c2ccccc12)NC(=O)c1cnc(C)cn1. The van der Waals surface area contributed by atoms with Crippen LogP contribution in [0.4, 0.5) is 0 Å². The highest BCUT2D eigenvalue weighted by atomic mass is 16.5. The number of methoxy groups -OCH3 is 1. The molecular formula is C18H18N4O3. The molecule has 2 heterocycles. The highest BCUT2D eigenvalue weighted by molar-refractivity contribution is 5.95. The fourth-order valence-electron chi connectivity index (χ4n) is 2.60. The second-order valence-electron chi connectivity index (χ2n) is 5.66. The van der Waals surface area contributed by atoms with Gasteiger partial charge in [0.05, 0.1) is 19.0 Å². The summed E-state index contributed by atoms with van der Waals surface area (Å²) in [7, 11) is 1.29. The molecule has 1 unspecified atom stereocenters. The Bertz CT molecular complexity index is 902. The van der Waals surface area contributed by atoms with E-state index in [1.807, 2.05) is 30.5 Å². The average molecular weight is 338 g/mol. The van der Waals surface area contributed by atoms with Gasteiger partial charge in [0.25, 0.3) is 5.91 Å². The monoisotopic (exact) mass is 338 g/mol. The zero-order valence-corrected chi connectivity index (χ0v) is 13.9. The summed E-state index contributed by atoms with van der Waals surface area (Å²) in [6.07, 6.45) is 5.02. The fraction of sp³-hybridized carbons (Fsp3) is 0.222. The van der Waals surface area contributed by atoms with Crippen molar-refractivity contribution in [3.05, 3.63) is 59.8 Å². The number of carbonyl (C=O) groups is 2. The number of amides is 1. The molecule has 0 aliphatic heterocycles. The fourth-order valence-corrected chi connectivity index (χ4v) is 2.60. The molecule has 3 aromatic rings. The van der Waals surface area contributed by atoms with Crippen LogP contribution in [0.5, 0.6) is 0 Å². The molecule has 2 N–H and O–H groups in total. The van der Waals surface area contributed by atoms with Crippen LogP contribution in [0.1, 0.15) is 21.7 Å². The lowest BCUT2D eigenvalue weighted by Gasteiger charge is -2.16. The molecule has 1 atom stereocenters. The molecule has 128 valence electrons. The molecule has 0 bridgehead atoms. The van der Waals surface area contributed by atoms with Crippen molar-refractivity contribution in [1.82, 2.24) is 20.3 Å². The van der Waals surface area contributed by atoms with E-state index in [-0.39, 0.29) is 5.69 Å². The van der Waals surface area contributed by atoms with Crippen LogP contribution in [0.3, 0.4) is 0 Å². The molecule has 0 saturated heterocycles. The van der Waals surface area contributed by atoms with Crippen molar-refractivity contribution in [2.45, 2.75) is 19.4 Å². The van der Waals surface area contributed by atoms with E-state index in [4.69, 9.17) is 4.74 Å². The lowest BCUT2D eigenvalue weighted by molar-refractivity contribution is -0.142. The Kier molecular flexibility index (Phi) is 4.74. The number of benzene rings is 1. The number of ether oxygens (including phenoxy) is 1. The van der Waals surface area contributed by atoms with Gasteiger partial charge in [0.2, 0.25) is 0 Å². The van der Waals surface area contributed by atoms with E-state index in [0.717, 1.165) is 16.5 Å². The number of nitrogens with zero attached hydrogens (tertiary/aromatic N) is 2. The van der Waals surface area contributed by atoms with E-state index < -0.39 is 17.9 Å².